The normalized spacial score (nSPS) is 24.1. The number of nitrogens with one attached hydrogen (secondary N) is 1. The first-order valence-electron chi connectivity index (χ1n) is 7.26. The summed E-state index contributed by atoms with van der Waals surface area (Å²) in [5, 5.41) is 3.46. The summed E-state index contributed by atoms with van der Waals surface area (Å²) in [5.74, 6) is 0.617. The lowest BCUT2D eigenvalue weighted by Crippen LogP contribution is -2.31. The van der Waals surface area contributed by atoms with Gasteiger partial charge in [-0.25, -0.2) is 0 Å². The summed E-state index contributed by atoms with van der Waals surface area (Å²) in [6.07, 6.45) is 3.85. The third-order valence-electron chi connectivity index (χ3n) is 3.82. The molecule has 2 unspecified atom stereocenters. The zero-order valence-corrected chi connectivity index (χ0v) is 11.6. The van der Waals surface area contributed by atoms with E-state index in [0.717, 1.165) is 26.1 Å². The highest BCUT2D eigenvalue weighted by atomic mass is 16.5. The van der Waals surface area contributed by atoms with E-state index in [1.807, 2.05) is 0 Å². The van der Waals surface area contributed by atoms with Crippen LogP contribution < -0.4 is 5.32 Å². The van der Waals surface area contributed by atoms with Crippen LogP contribution in [0.1, 0.15) is 43.9 Å². The summed E-state index contributed by atoms with van der Waals surface area (Å²) in [5.41, 5.74) is 2.74. The fourth-order valence-corrected chi connectivity index (χ4v) is 2.69. The van der Waals surface area contributed by atoms with Crippen LogP contribution in [0.25, 0.3) is 0 Å². The van der Waals surface area contributed by atoms with Gasteiger partial charge in [-0.05, 0) is 36.9 Å². The van der Waals surface area contributed by atoms with Crippen molar-refractivity contribution in [1.82, 2.24) is 5.32 Å². The molecular weight excluding hydrogens is 222 g/mol. The SMILES string of the molecule is CCNCC1CCCOC1c1ccc(CC)cc1. The fourth-order valence-electron chi connectivity index (χ4n) is 2.69. The molecule has 2 rings (SSSR count). The minimum Gasteiger partial charge on any atom is -0.373 e. The molecule has 0 spiro atoms. The lowest BCUT2D eigenvalue weighted by molar-refractivity contribution is -0.0276. The molecule has 2 nitrogen and oxygen atoms in total. The number of hydrogen-bond acceptors (Lipinski definition) is 2. The molecular formula is C16H25NO. The van der Waals surface area contributed by atoms with Gasteiger partial charge in [0.1, 0.15) is 0 Å². The molecule has 1 saturated heterocycles. The maximum absolute atomic E-state index is 6.01. The molecule has 1 N–H and O–H groups in total. The molecule has 0 radical (unpaired) electrons. The molecule has 1 aromatic rings. The van der Waals surface area contributed by atoms with Crippen LogP contribution in [0.15, 0.2) is 24.3 Å². The summed E-state index contributed by atoms with van der Waals surface area (Å²) < 4.78 is 6.01. The van der Waals surface area contributed by atoms with Crippen LogP contribution in [-0.4, -0.2) is 19.7 Å². The molecule has 1 heterocycles. The highest BCUT2D eigenvalue weighted by molar-refractivity contribution is 5.25. The molecule has 18 heavy (non-hydrogen) atoms. The highest BCUT2D eigenvalue weighted by Crippen LogP contribution is 2.33. The number of hydrogen-bond donors (Lipinski definition) is 1. The zero-order valence-electron chi connectivity index (χ0n) is 11.6. The van der Waals surface area contributed by atoms with Gasteiger partial charge in [0.25, 0.3) is 0 Å². The van der Waals surface area contributed by atoms with E-state index in [0.29, 0.717) is 5.92 Å². The highest BCUT2D eigenvalue weighted by Gasteiger charge is 2.26. The fraction of sp³-hybridized carbons (Fsp3) is 0.625. The number of benzene rings is 1. The van der Waals surface area contributed by atoms with Crippen molar-refractivity contribution >= 4 is 0 Å². The molecule has 0 amide bonds. The van der Waals surface area contributed by atoms with Crippen molar-refractivity contribution in [2.75, 3.05) is 19.7 Å². The van der Waals surface area contributed by atoms with Gasteiger partial charge >= 0.3 is 0 Å². The largest absolute Gasteiger partial charge is 0.373 e. The first-order chi connectivity index (χ1) is 8.85. The van der Waals surface area contributed by atoms with Crippen LogP contribution in [0.2, 0.25) is 0 Å². The first-order valence-corrected chi connectivity index (χ1v) is 7.26. The van der Waals surface area contributed by atoms with E-state index < -0.39 is 0 Å². The standard InChI is InChI=1S/C16H25NO/c1-3-13-7-9-14(10-8-13)16-15(12-17-4-2)6-5-11-18-16/h7-10,15-17H,3-6,11-12H2,1-2H3. The Labute approximate surface area is 111 Å². The molecule has 2 heteroatoms. The molecule has 1 aliphatic rings. The molecule has 100 valence electrons. The molecule has 0 saturated carbocycles. The van der Waals surface area contributed by atoms with Crippen molar-refractivity contribution in [2.24, 2.45) is 5.92 Å². The molecule has 0 aromatic heterocycles. The molecule has 2 atom stereocenters. The van der Waals surface area contributed by atoms with Crippen LogP contribution in [-0.2, 0) is 11.2 Å². The average molecular weight is 247 g/mol. The maximum Gasteiger partial charge on any atom is 0.0865 e. The van der Waals surface area contributed by atoms with E-state index >= 15 is 0 Å². The maximum atomic E-state index is 6.01. The molecule has 1 aromatic carbocycles. The van der Waals surface area contributed by atoms with Gasteiger partial charge in [-0.1, -0.05) is 38.1 Å². The number of rotatable bonds is 5. The predicted octanol–water partition coefficient (Wildman–Crippen LogP) is 3.33. The van der Waals surface area contributed by atoms with Gasteiger partial charge in [0.05, 0.1) is 6.10 Å². The Morgan fingerprint density at radius 3 is 2.67 bits per heavy atom. The lowest BCUT2D eigenvalue weighted by Gasteiger charge is -2.32. The second kappa shape index (κ2) is 6.91. The van der Waals surface area contributed by atoms with E-state index in [4.69, 9.17) is 4.74 Å². The van der Waals surface area contributed by atoms with E-state index in [1.165, 1.54) is 24.0 Å². The van der Waals surface area contributed by atoms with Crippen LogP contribution in [0.4, 0.5) is 0 Å². The van der Waals surface area contributed by atoms with Crippen molar-refractivity contribution in [3.8, 4) is 0 Å². The van der Waals surface area contributed by atoms with E-state index in [-0.39, 0.29) is 6.10 Å². The summed E-state index contributed by atoms with van der Waals surface area (Å²) in [7, 11) is 0. The molecule has 1 fully saturated rings. The third kappa shape index (κ3) is 3.33. The van der Waals surface area contributed by atoms with Gasteiger partial charge in [0, 0.05) is 19.1 Å². The second-order valence-electron chi connectivity index (χ2n) is 5.10. The zero-order chi connectivity index (χ0) is 12.8. The second-order valence-corrected chi connectivity index (χ2v) is 5.10. The van der Waals surface area contributed by atoms with Crippen molar-refractivity contribution in [3.63, 3.8) is 0 Å². The van der Waals surface area contributed by atoms with Gasteiger partial charge in [-0.15, -0.1) is 0 Å². The van der Waals surface area contributed by atoms with Gasteiger partial charge in [-0.3, -0.25) is 0 Å². The Morgan fingerprint density at radius 2 is 2.00 bits per heavy atom. The minimum absolute atomic E-state index is 0.281. The van der Waals surface area contributed by atoms with Crippen LogP contribution >= 0.6 is 0 Å². The average Bonchev–Trinajstić information content (AvgIpc) is 2.45. The van der Waals surface area contributed by atoms with Gasteiger partial charge in [0.2, 0.25) is 0 Å². The quantitative estimate of drug-likeness (QED) is 0.861. The minimum atomic E-state index is 0.281. The van der Waals surface area contributed by atoms with Gasteiger partial charge < -0.3 is 10.1 Å². The van der Waals surface area contributed by atoms with E-state index in [9.17, 15) is 0 Å². The van der Waals surface area contributed by atoms with E-state index in [2.05, 4.69) is 43.4 Å². The topological polar surface area (TPSA) is 21.3 Å². The smallest absolute Gasteiger partial charge is 0.0865 e. The van der Waals surface area contributed by atoms with Crippen molar-refractivity contribution < 1.29 is 4.74 Å². The predicted molar refractivity (Wildman–Crippen MR) is 75.8 cm³/mol. The molecule has 1 aliphatic heterocycles. The Kier molecular flexibility index (Phi) is 5.21. The summed E-state index contributed by atoms with van der Waals surface area (Å²) in [6.45, 7) is 7.37. The van der Waals surface area contributed by atoms with Crippen LogP contribution in [0.5, 0.6) is 0 Å². The lowest BCUT2D eigenvalue weighted by atomic mass is 9.89. The van der Waals surface area contributed by atoms with Gasteiger partial charge in [-0.2, -0.15) is 0 Å². The number of aryl methyl sites for hydroxylation is 1. The van der Waals surface area contributed by atoms with E-state index in [1.54, 1.807) is 0 Å². The van der Waals surface area contributed by atoms with Crippen molar-refractivity contribution in [2.45, 2.75) is 39.2 Å². The van der Waals surface area contributed by atoms with Crippen LogP contribution in [0.3, 0.4) is 0 Å². The summed E-state index contributed by atoms with van der Waals surface area (Å²) in [6, 6.07) is 8.96. The summed E-state index contributed by atoms with van der Waals surface area (Å²) in [4.78, 5) is 0. The van der Waals surface area contributed by atoms with Crippen molar-refractivity contribution in [3.05, 3.63) is 35.4 Å². The third-order valence-corrected chi connectivity index (χ3v) is 3.82. The Morgan fingerprint density at radius 1 is 1.22 bits per heavy atom. The number of ether oxygens (including phenoxy) is 1. The van der Waals surface area contributed by atoms with Gasteiger partial charge in [0.15, 0.2) is 0 Å². The Balaban J connectivity index is 2.06. The molecule has 0 bridgehead atoms. The Hall–Kier alpha value is -0.860. The Bertz CT molecular complexity index is 347. The van der Waals surface area contributed by atoms with Crippen molar-refractivity contribution in [1.29, 1.82) is 0 Å². The molecule has 0 aliphatic carbocycles. The first kappa shape index (κ1) is 13.6. The monoisotopic (exact) mass is 247 g/mol. The summed E-state index contributed by atoms with van der Waals surface area (Å²) >= 11 is 0. The van der Waals surface area contributed by atoms with Crippen LogP contribution in [0, 0.1) is 5.92 Å².